The minimum Gasteiger partial charge on any atom is -0.331 e. The molecule has 0 saturated carbocycles. The van der Waals surface area contributed by atoms with E-state index < -0.39 is 0 Å². The molecule has 9 heavy (non-hydrogen) atoms. The van der Waals surface area contributed by atoms with Crippen molar-refractivity contribution in [3.05, 3.63) is 0 Å². The van der Waals surface area contributed by atoms with Crippen LogP contribution in [0.3, 0.4) is 0 Å². The zero-order chi connectivity index (χ0) is 6.85. The van der Waals surface area contributed by atoms with Crippen molar-refractivity contribution in [2.45, 2.75) is 13.3 Å². The highest BCUT2D eigenvalue weighted by molar-refractivity contribution is 5.79. The van der Waals surface area contributed by atoms with Gasteiger partial charge in [-0.25, -0.2) is 0 Å². The molecule has 2 nitrogen and oxygen atoms in total. The Hall–Kier alpha value is -0.370. The SMILES string of the molecule is C[C@H]1CC(=O)C[NH+](C)C1. The summed E-state index contributed by atoms with van der Waals surface area (Å²) < 4.78 is 0. The molecule has 1 unspecified atom stereocenters. The van der Waals surface area contributed by atoms with Crippen molar-refractivity contribution in [3.8, 4) is 0 Å². The number of carbonyl (C=O) groups is 1. The fourth-order valence-corrected chi connectivity index (χ4v) is 1.54. The van der Waals surface area contributed by atoms with E-state index in [1.165, 1.54) is 4.90 Å². The molecule has 0 bridgehead atoms. The van der Waals surface area contributed by atoms with Crippen molar-refractivity contribution in [1.29, 1.82) is 0 Å². The third-order valence-corrected chi connectivity index (χ3v) is 1.77. The molecule has 1 aliphatic rings. The maximum absolute atomic E-state index is 10.9. The Morgan fingerprint density at radius 3 is 2.78 bits per heavy atom. The topological polar surface area (TPSA) is 21.5 Å². The number of nitrogens with one attached hydrogen (secondary N) is 1. The normalized spacial score (nSPS) is 36.9. The van der Waals surface area contributed by atoms with Crippen molar-refractivity contribution in [2.75, 3.05) is 20.1 Å². The first-order chi connectivity index (χ1) is 4.18. The smallest absolute Gasteiger partial charge is 0.187 e. The number of hydrogen-bond donors (Lipinski definition) is 1. The Bertz CT molecular complexity index is 110. The molecule has 0 aromatic rings. The number of piperidine rings is 1. The van der Waals surface area contributed by atoms with Gasteiger partial charge in [0.2, 0.25) is 0 Å². The van der Waals surface area contributed by atoms with Crippen LogP contribution in [0.5, 0.6) is 0 Å². The van der Waals surface area contributed by atoms with Gasteiger partial charge in [-0.05, 0) is 0 Å². The molecular formula is C7H14NO+. The van der Waals surface area contributed by atoms with Crippen LogP contribution >= 0.6 is 0 Å². The van der Waals surface area contributed by atoms with Crippen LogP contribution in [0.1, 0.15) is 13.3 Å². The highest BCUT2D eigenvalue weighted by Gasteiger charge is 2.22. The molecule has 1 fully saturated rings. The van der Waals surface area contributed by atoms with E-state index in [-0.39, 0.29) is 0 Å². The third-order valence-electron chi connectivity index (χ3n) is 1.77. The second-order valence-electron chi connectivity index (χ2n) is 3.19. The van der Waals surface area contributed by atoms with Crippen LogP contribution in [0, 0.1) is 5.92 Å². The zero-order valence-corrected chi connectivity index (χ0v) is 6.11. The fourth-order valence-electron chi connectivity index (χ4n) is 1.54. The molecule has 0 spiro atoms. The van der Waals surface area contributed by atoms with Gasteiger partial charge in [0.1, 0.15) is 6.54 Å². The van der Waals surface area contributed by atoms with Gasteiger partial charge < -0.3 is 4.90 Å². The lowest BCUT2D eigenvalue weighted by Gasteiger charge is -2.22. The number of likely N-dealkylation sites (N-methyl/N-ethyl adjacent to an activating group) is 1. The average molecular weight is 128 g/mol. The molecule has 0 aliphatic carbocycles. The maximum Gasteiger partial charge on any atom is 0.187 e. The lowest BCUT2D eigenvalue weighted by molar-refractivity contribution is -0.877. The summed E-state index contributed by atoms with van der Waals surface area (Å²) in [5, 5.41) is 0. The summed E-state index contributed by atoms with van der Waals surface area (Å²) in [4.78, 5) is 12.2. The molecule has 1 rings (SSSR count). The van der Waals surface area contributed by atoms with E-state index in [0.29, 0.717) is 11.7 Å². The highest BCUT2D eigenvalue weighted by atomic mass is 16.1. The minimum atomic E-state index is 0.422. The first kappa shape index (κ1) is 6.75. The van der Waals surface area contributed by atoms with E-state index in [9.17, 15) is 4.79 Å². The Kier molecular flexibility index (Phi) is 1.86. The van der Waals surface area contributed by atoms with Crippen LogP contribution in [0.2, 0.25) is 0 Å². The molecule has 0 amide bonds. The Morgan fingerprint density at radius 2 is 2.33 bits per heavy atom. The zero-order valence-electron chi connectivity index (χ0n) is 6.11. The number of rotatable bonds is 0. The second-order valence-corrected chi connectivity index (χ2v) is 3.19. The molecule has 2 heteroatoms. The molecule has 0 radical (unpaired) electrons. The maximum atomic E-state index is 10.9. The van der Waals surface area contributed by atoms with Crippen molar-refractivity contribution in [3.63, 3.8) is 0 Å². The number of carbonyl (C=O) groups excluding carboxylic acids is 1. The Balaban J connectivity index is 2.43. The van der Waals surface area contributed by atoms with Crippen LogP contribution < -0.4 is 4.90 Å². The van der Waals surface area contributed by atoms with E-state index in [2.05, 4.69) is 14.0 Å². The second kappa shape index (κ2) is 2.48. The first-order valence-corrected chi connectivity index (χ1v) is 3.51. The molecule has 0 aromatic carbocycles. The van der Waals surface area contributed by atoms with Gasteiger partial charge in [-0.15, -0.1) is 0 Å². The summed E-state index contributed by atoms with van der Waals surface area (Å²) in [6.07, 6.45) is 0.803. The van der Waals surface area contributed by atoms with Crippen molar-refractivity contribution < 1.29 is 9.69 Å². The Labute approximate surface area is 55.8 Å². The quantitative estimate of drug-likeness (QED) is 0.449. The first-order valence-electron chi connectivity index (χ1n) is 3.51. The number of likely N-dealkylation sites (tertiary alicyclic amines) is 1. The summed E-state index contributed by atoms with van der Waals surface area (Å²) in [5.74, 6) is 1.03. The highest BCUT2D eigenvalue weighted by Crippen LogP contribution is 2.01. The third kappa shape index (κ3) is 1.79. The molecule has 52 valence electrons. The molecule has 2 atom stereocenters. The van der Waals surface area contributed by atoms with E-state index in [1.807, 2.05) is 0 Å². The predicted molar refractivity (Wildman–Crippen MR) is 35.4 cm³/mol. The minimum absolute atomic E-state index is 0.422. The summed E-state index contributed by atoms with van der Waals surface area (Å²) in [7, 11) is 2.08. The van der Waals surface area contributed by atoms with Gasteiger partial charge in [0.25, 0.3) is 0 Å². The number of ketones is 1. The largest absolute Gasteiger partial charge is 0.331 e. The van der Waals surface area contributed by atoms with Crippen molar-refractivity contribution in [2.24, 2.45) is 5.92 Å². The van der Waals surface area contributed by atoms with Gasteiger partial charge in [-0.2, -0.15) is 0 Å². The van der Waals surface area contributed by atoms with Gasteiger partial charge in [0.05, 0.1) is 13.6 Å². The van der Waals surface area contributed by atoms with E-state index in [1.54, 1.807) is 0 Å². The average Bonchev–Trinajstić information content (AvgIpc) is 1.59. The Morgan fingerprint density at radius 1 is 1.67 bits per heavy atom. The van der Waals surface area contributed by atoms with Crippen LogP contribution in [0.25, 0.3) is 0 Å². The summed E-state index contributed by atoms with van der Waals surface area (Å²) in [6, 6.07) is 0. The van der Waals surface area contributed by atoms with Crippen LogP contribution in [0.15, 0.2) is 0 Å². The van der Waals surface area contributed by atoms with Gasteiger partial charge in [0, 0.05) is 12.3 Å². The number of quaternary nitrogens is 1. The van der Waals surface area contributed by atoms with Crippen LogP contribution in [0.4, 0.5) is 0 Å². The van der Waals surface area contributed by atoms with Gasteiger partial charge in [0.15, 0.2) is 5.78 Å². The molecule has 1 aliphatic heterocycles. The van der Waals surface area contributed by atoms with Crippen molar-refractivity contribution >= 4 is 5.78 Å². The van der Waals surface area contributed by atoms with Gasteiger partial charge >= 0.3 is 0 Å². The van der Waals surface area contributed by atoms with E-state index in [4.69, 9.17) is 0 Å². The molecular weight excluding hydrogens is 114 g/mol. The van der Waals surface area contributed by atoms with E-state index in [0.717, 1.165) is 19.5 Å². The summed E-state index contributed by atoms with van der Waals surface area (Å²) in [5.41, 5.74) is 0. The van der Waals surface area contributed by atoms with Crippen molar-refractivity contribution in [1.82, 2.24) is 0 Å². The molecule has 1 heterocycles. The summed E-state index contributed by atoms with van der Waals surface area (Å²) in [6.45, 7) is 4.04. The van der Waals surface area contributed by atoms with E-state index >= 15 is 0 Å². The van der Waals surface area contributed by atoms with Crippen LogP contribution in [-0.4, -0.2) is 25.9 Å². The molecule has 1 N–H and O–H groups in total. The standard InChI is InChI=1S/C7H13NO/c1-6-3-7(9)5-8(2)4-6/h6H,3-5H2,1-2H3/p+1/t6-/m0/s1. The lowest BCUT2D eigenvalue weighted by atomic mass is 10.0. The van der Waals surface area contributed by atoms with Gasteiger partial charge in [-0.1, -0.05) is 6.92 Å². The molecule has 1 saturated heterocycles. The number of hydrogen-bond acceptors (Lipinski definition) is 1. The monoisotopic (exact) mass is 128 g/mol. The fraction of sp³-hybridized carbons (Fsp3) is 0.857. The van der Waals surface area contributed by atoms with Crippen LogP contribution in [-0.2, 0) is 4.79 Å². The predicted octanol–water partition coefficient (Wildman–Crippen LogP) is -0.890. The van der Waals surface area contributed by atoms with Gasteiger partial charge in [-0.3, -0.25) is 4.79 Å². The number of Topliss-reactive ketones (excluding diaryl/α,β-unsaturated/α-hetero) is 1. The molecule has 0 aromatic heterocycles. The lowest BCUT2D eigenvalue weighted by Crippen LogP contribution is -3.11. The summed E-state index contributed by atoms with van der Waals surface area (Å²) >= 11 is 0.